The van der Waals surface area contributed by atoms with Crippen molar-refractivity contribution in [1.29, 1.82) is 0 Å². The monoisotopic (exact) mass is 448 g/mol. The van der Waals surface area contributed by atoms with Gasteiger partial charge in [-0.15, -0.1) is 0 Å². The van der Waals surface area contributed by atoms with Crippen LogP contribution in [0.2, 0.25) is 0 Å². The van der Waals surface area contributed by atoms with Crippen molar-refractivity contribution in [3.63, 3.8) is 0 Å². The van der Waals surface area contributed by atoms with E-state index in [0.717, 1.165) is 11.1 Å². The number of alkyl halides is 3. The maximum Gasteiger partial charge on any atom is 0.471 e. The van der Waals surface area contributed by atoms with Crippen molar-refractivity contribution in [2.45, 2.75) is 25.8 Å². The summed E-state index contributed by atoms with van der Waals surface area (Å²) in [4.78, 5) is 29.5. The van der Waals surface area contributed by atoms with Crippen molar-refractivity contribution in [1.82, 2.24) is 15.1 Å². The van der Waals surface area contributed by atoms with Gasteiger partial charge in [-0.1, -0.05) is 42.5 Å². The van der Waals surface area contributed by atoms with Crippen LogP contribution in [0.15, 0.2) is 48.5 Å². The van der Waals surface area contributed by atoms with Gasteiger partial charge >= 0.3 is 12.1 Å². The molecule has 0 spiro atoms. The van der Waals surface area contributed by atoms with E-state index in [1.165, 1.54) is 11.0 Å². The zero-order valence-electron chi connectivity index (χ0n) is 18.2. The van der Waals surface area contributed by atoms with E-state index in [1.54, 1.807) is 12.1 Å². The van der Waals surface area contributed by atoms with Crippen LogP contribution in [-0.2, 0) is 29.2 Å². The number of carbonyl (C=O) groups is 2. The molecule has 1 aliphatic rings. The summed E-state index contributed by atoms with van der Waals surface area (Å²) in [5.41, 5.74) is 2.41. The lowest BCUT2D eigenvalue weighted by atomic mass is 10.1. The third-order valence-electron chi connectivity index (χ3n) is 5.32. The van der Waals surface area contributed by atoms with Crippen LogP contribution in [0.3, 0.4) is 0 Å². The molecule has 32 heavy (non-hydrogen) atoms. The van der Waals surface area contributed by atoms with Gasteiger partial charge in [0.15, 0.2) is 0 Å². The molecule has 0 saturated carbocycles. The number of anilines is 1. The molecular weight excluding hydrogens is 421 g/mol. The van der Waals surface area contributed by atoms with Gasteiger partial charge in [-0.3, -0.25) is 14.5 Å². The van der Waals surface area contributed by atoms with Crippen LogP contribution in [0.5, 0.6) is 0 Å². The SMILES string of the molecule is CN(C)CCN(Cc1ccccc1)C(=O)CN(C(=O)C(F)(F)F)c1cccc2c1CNC2. The largest absolute Gasteiger partial charge is 0.471 e. The number of halogens is 3. The fourth-order valence-corrected chi connectivity index (χ4v) is 3.64. The molecule has 0 fully saturated rings. The lowest BCUT2D eigenvalue weighted by molar-refractivity contribution is -0.170. The second kappa shape index (κ2) is 10.1. The Labute approximate surface area is 185 Å². The normalized spacial score (nSPS) is 13.2. The number of amides is 2. The number of hydrogen-bond donors (Lipinski definition) is 1. The number of rotatable bonds is 8. The van der Waals surface area contributed by atoms with E-state index >= 15 is 0 Å². The highest BCUT2D eigenvalue weighted by atomic mass is 19.4. The average Bonchev–Trinajstić information content (AvgIpc) is 3.23. The summed E-state index contributed by atoms with van der Waals surface area (Å²) in [5, 5.41) is 3.08. The first-order valence-corrected chi connectivity index (χ1v) is 10.3. The average molecular weight is 448 g/mol. The zero-order chi connectivity index (χ0) is 23.3. The van der Waals surface area contributed by atoms with Gasteiger partial charge < -0.3 is 15.1 Å². The van der Waals surface area contributed by atoms with Crippen molar-refractivity contribution in [3.8, 4) is 0 Å². The molecule has 6 nitrogen and oxygen atoms in total. The molecule has 0 saturated heterocycles. The Morgan fingerprint density at radius 2 is 1.69 bits per heavy atom. The molecule has 2 aromatic rings. The molecule has 3 rings (SSSR count). The van der Waals surface area contributed by atoms with Gasteiger partial charge in [0.25, 0.3) is 0 Å². The van der Waals surface area contributed by atoms with E-state index in [2.05, 4.69) is 5.32 Å². The predicted molar refractivity (Wildman–Crippen MR) is 116 cm³/mol. The topological polar surface area (TPSA) is 55.9 Å². The first kappa shape index (κ1) is 23.7. The van der Waals surface area contributed by atoms with Crippen LogP contribution in [0, 0.1) is 0 Å². The fourth-order valence-electron chi connectivity index (χ4n) is 3.64. The Balaban J connectivity index is 1.89. The Kier molecular flexibility index (Phi) is 7.52. The minimum Gasteiger partial charge on any atom is -0.336 e. The van der Waals surface area contributed by atoms with Gasteiger partial charge in [0.2, 0.25) is 5.91 Å². The molecule has 0 aromatic heterocycles. The number of nitrogens with one attached hydrogen (secondary N) is 1. The van der Waals surface area contributed by atoms with Crippen LogP contribution in [-0.4, -0.2) is 61.5 Å². The molecular formula is C23H27F3N4O2. The predicted octanol–water partition coefficient (Wildman–Crippen LogP) is 2.78. The van der Waals surface area contributed by atoms with Crippen molar-refractivity contribution in [3.05, 3.63) is 65.2 Å². The molecule has 2 aromatic carbocycles. The van der Waals surface area contributed by atoms with Crippen LogP contribution < -0.4 is 10.2 Å². The van der Waals surface area contributed by atoms with Crippen molar-refractivity contribution in [2.75, 3.05) is 38.6 Å². The van der Waals surface area contributed by atoms with Crippen molar-refractivity contribution >= 4 is 17.5 Å². The molecule has 9 heteroatoms. The highest BCUT2D eigenvalue weighted by Crippen LogP contribution is 2.31. The van der Waals surface area contributed by atoms with Crippen LogP contribution >= 0.6 is 0 Å². The van der Waals surface area contributed by atoms with E-state index in [-0.39, 0.29) is 12.2 Å². The van der Waals surface area contributed by atoms with Crippen molar-refractivity contribution in [2.24, 2.45) is 0 Å². The molecule has 0 radical (unpaired) electrons. The Morgan fingerprint density at radius 1 is 0.969 bits per heavy atom. The summed E-state index contributed by atoms with van der Waals surface area (Å²) < 4.78 is 40.4. The maximum atomic E-state index is 13.5. The van der Waals surface area contributed by atoms with Crippen LogP contribution in [0.1, 0.15) is 16.7 Å². The zero-order valence-corrected chi connectivity index (χ0v) is 18.2. The van der Waals surface area contributed by atoms with Gasteiger partial charge in [-0.25, -0.2) is 0 Å². The van der Waals surface area contributed by atoms with E-state index < -0.39 is 24.5 Å². The Morgan fingerprint density at radius 3 is 2.34 bits per heavy atom. The van der Waals surface area contributed by atoms with Gasteiger partial charge in [-0.2, -0.15) is 13.2 Å². The fraction of sp³-hybridized carbons (Fsp3) is 0.391. The highest BCUT2D eigenvalue weighted by Gasteiger charge is 2.44. The lowest BCUT2D eigenvalue weighted by Gasteiger charge is -2.30. The summed E-state index contributed by atoms with van der Waals surface area (Å²) in [6.07, 6.45) is -5.09. The summed E-state index contributed by atoms with van der Waals surface area (Å²) >= 11 is 0. The molecule has 2 amide bonds. The third kappa shape index (κ3) is 5.86. The number of likely N-dealkylation sites (N-methyl/N-ethyl adjacent to an activating group) is 1. The summed E-state index contributed by atoms with van der Waals surface area (Å²) in [5.74, 6) is -2.59. The smallest absolute Gasteiger partial charge is 0.336 e. The van der Waals surface area contributed by atoms with Gasteiger partial charge in [-0.05, 0) is 36.9 Å². The molecule has 0 unspecified atom stereocenters. The first-order valence-electron chi connectivity index (χ1n) is 10.3. The van der Waals surface area contributed by atoms with E-state index in [1.807, 2.05) is 49.3 Å². The minimum atomic E-state index is -5.09. The summed E-state index contributed by atoms with van der Waals surface area (Å²) in [6, 6.07) is 14.1. The maximum absolute atomic E-state index is 13.5. The molecule has 0 atom stereocenters. The molecule has 1 N–H and O–H groups in total. The number of nitrogens with zero attached hydrogens (tertiary/aromatic N) is 3. The molecule has 1 heterocycles. The number of hydrogen-bond acceptors (Lipinski definition) is 4. The van der Waals surface area contributed by atoms with E-state index in [4.69, 9.17) is 0 Å². The second-order valence-corrected chi connectivity index (χ2v) is 8.01. The first-order chi connectivity index (χ1) is 15.2. The van der Waals surface area contributed by atoms with Crippen LogP contribution in [0.4, 0.5) is 18.9 Å². The van der Waals surface area contributed by atoms with Gasteiger partial charge in [0.05, 0.1) is 0 Å². The molecule has 0 bridgehead atoms. The third-order valence-corrected chi connectivity index (χ3v) is 5.32. The lowest BCUT2D eigenvalue weighted by Crippen LogP contribution is -2.48. The standard InChI is InChI=1S/C23H27F3N4O2/c1-28(2)11-12-29(15-17-7-4-3-5-8-17)21(31)16-30(22(32)23(24,25)26)20-10-6-9-18-13-27-14-19(18)20/h3-10,27H,11-16H2,1-2H3. The second-order valence-electron chi connectivity index (χ2n) is 8.01. The quantitative estimate of drug-likeness (QED) is 0.675. The summed E-state index contributed by atoms with van der Waals surface area (Å²) in [7, 11) is 3.70. The number of carbonyl (C=O) groups excluding carboxylic acids is 2. The Hall–Kier alpha value is -2.91. The minimum absolute atomic E-state index is 0.121. The van der Waals surface area contributed by atoms with Crippen molar-refractivity contribution < 1.29 is 22.8 Å². The molecule has 0 aliphatic carbocycles. The van der Waals surface area contributed by atoms with Gasteiger partial charge in [0.1, 0.15) is 6.54 Å². The molecule has 1 aliphatic heterocycles. The number of fused-ring (bicyclic) bond motifs is 1. The van der Waals surface area contributed by atoms with Crippen LogP contribution in [0.25, 0.3) is 0 Å². The Bertz CT molecular complexity index is 948. The number of benzene rings is 2. The molecule has 172 valence electrons. The summed E-state index contributed by atoms with van der Waals surface area (Å²) in [6.45, 7) is 1.27. The van der Waals surface area contributed by atoms with E-state index in [0.29, 0.717) is 36.6 Å². The van der Waals surface area contributed by atoms with Gasteiger partial charge in [0, 0.05) is 38.4 Å². The van der Waals surface area contributed by atoms with E-state index in [9.17, 15) is 22.8 Å². The highest BCUT2D eigenvalue weighted by molar-refractivity contribution is 6.02.